The van der Waals surface area contributed by atoms with E-state index < -0.39 is 0 Å². The first-order valence-electron chi connectivity index (χ1n) is 6.07. The van der Waals surface area contributed by atoms with Crippen LogP contribution in [0.2, 0.25) is 0 Å². The Labute approximate surface area is 108 Å². The number of pyridine rings is 1. The number of hydrogen-bond donors (Lipinski definition) is 0. The Morgan fingerprint density at radius 1 is 1.56 bits per heavy atom. The Hall–Kier alpha value is -1.68. The molecule has 1 heterocycles. The average molecular weight is 248 g/mol. The van der Waals surface area contributed by atoms with Crippen LogP contribution in [0, 0.1) is 0 Å². The van der Waals surface area contributed by atoms with Crippen LogP contribution in [0.1, 0.15) is 23.8 Å². The van der Waals surface area contributed by atoms with Gasteiger partial charge in [0.2, 0.25) is 0 Å². The van der Waals surface area contributed by atoms with E-state index in [2.05, 4.69) is 16.5 Å². The first kappa shape index (κ1) is 14.4. The van der Waals surface area contributed by atoms with Gasteiger partial charge in [0, 0.05) is 26.6 Å². The summed E-state index contributed by atoms with van der Waals surface area (Å²) in [5.74, 6) is 0.0636. The number of carbonyl (C=O) groups is 1. The molecule has 0 atom stereocenters. The summed E-state index contributed by atoms with van der Waals surface area (Å²) >= 11 is 0. The lowest BCUT2D eigenvalue weighted by atomic mass is 10.2. The second-order valence-electron chi connectivity index (χ2n) is 3.91. The predicted molar refractivity (Wildman–Crippen MR) is 73.1 cm³/mol. The van der Waals surface area contributed by atoms with Gasteiger partial charge in [-0.15, -0.1) is 6.58 Å². The molecule has 0 amide bonds. The molecule has 0 radical (unpaired) electrons. The van der Waals surface area contributed by atoms with Gasteiger partial charge in [0.05, 0.1) is 18.5 Å². The van der Waals surface area contributed by atoms with Gasteiger partial charge in [0.1, 0.15) is 5.69 Å². The normalized spacial score (nSPS) is 10.1. The number of carbonyl (C=O) groups excluding carboxylic acids is 1. The van der Waals surface area contributed by atoms with Gasteiger partial charge in [-0.25, -0.2) is 0 Å². The van der Waals surface area contributed by atoms with Crippen LogP contribution in [0.3, 0.4) is 0 Å². The molecule has 0 unspecified atom stereocenters. The fraction of sp³-hybridized carbons (Fsp3) is 0.429. The zero-order chi connectivity index (χ0) is 13.4. The number of Topliss-reactive ketones (excluding diaryl/α,β-unsaturated/α-hetero) is 1. The van der Waals surface area contributed by atoms with Crippen molar-refractivity contribution >= 4 is 11.5 Å². The Morgan fingerprint density at radius 3 is 2.83 bits per heavy atom. The molecule has 0 saturated heterocycles. The molecule has 0 spiro atoms. The predicted octanol–water partition coefficient (Wildman–Crippen LogP) is 2.31. The molecule has 98 valence electrons. The lowest BCUT2D eigenvalue weighted by Crippen LogP contribution is -2.27. The monoisotopic (exact) mass is 248 g/mol. The Balaban J connectivity index is 2.79. The minimum Gasteiger partial charge on any atom is -0.383 e. The first-order chi connectivity index (χ1) is 8.72. The smallest absolute Gasteiger partial charge is 0.180 e. The highest BCUT2D eigenvalue weighted by Crippen LogP contribution is 2.13. The third-order valence-corrected chi connectivity index (χ3v) is 2.63. The molecule has 0 bridgehead atoms. The fourth-order valence-corrected chi connectivity index (χ4v) is 1.60. The van der Waals surface area contributed by atoms with Gasteiger partial charge in [0.15, 0.2) is 5.78 Å². The lowest BCUT2D eigenvalue weighted by Gasteiger charge is -2.22. The number of nitrogens with zero attached hydrogens (tertiary/aromatic N) is 2. The minimum absolute atomic E-state index is 0.0636. The molecule has 0 aliphatic heterocycles. The van der Waals surface area contributed by atoms with Gasteiger partial charge in [-0.2, -0.15) is 0 Å². The molecule has 0 saturated carbocycles. The molecule has 0 fully saturated rings. The Morgan fingerprint density at radius 2 is 2.33 bits per heavy atom. The summed E-state index contributed by atoms with van der Waals surface area (Å²) < 4.78 is 5.07. The van der Waals surface area contributed by atoms with Crippen molar-refractivity contribution in [3.63, 3.8) is 0 Å². The summed E-state index contributed by atoms with van der Waals surface area (Å²) in [5.41, 5.74) is 1.49. The molecule has 4 heteroatoms. The number of aromatic nitrogens is 1. The van der Waals surface area contributed by atoms with Gasteiger partial charge in [-0.3, -0.25) is 9.78 Å². The zero-order valence-electron chi connectivity index (χ0n) is 11.1. The van der Waals surface area contributed by atoms with Crippen molar-refractivity contribution < 1.29 is 9.53 Å². The van der Waals surface area contributed by atoms with E-state index in [0.717, 1.165) is 18.8 Å². The van der Waals surface area contributed by atoms with Crippen molar-refractivity contribution in [2.75, 3.05) is 31.7 Å². The summed E-state index contributed by atoms with van der Waals surface area (Å²) in [4.78, 5) is 17.8. The van der Waals surface area contributed by atoms with Crippen molar-refractivity contribution in [2.45, 2.75) is 13.3 Å². The number of rotatable bonds is 8. The Kier molecular flexibility index (Phi) is 6.08. The van der Waals surface area contributed by atoms with Gasteiger partial charge in [0.25, 0.3) is 0 Å². The highest BCUT2D eigenvalue weighted by Gasteiger charge is 2.08. The van der Waals surface area contributed by atoms with Crippen LogP contribution in [0.25, 0.3) is 0 Å². The van der Waals surface area contributed by atoms with Crippen molar-refractivity contribution in [2.24, 2.45) is 0 Å². The highest BCUT2D eigenvalue weighted by molar-refractivity contribution is 5.94. The van der Waals surface area contributed by atoms with Crippen LogP contribution in [-0.2, 0) is 4.74 Å². The summed E-state index contributed by atoms with van der Waals surface area (Å²) in [6.45, 7) is 7.71. The largest absolute Gasteiger partial charge is 0.383 e. The number of hydrogen-bond acceptors (Lipinski definition) is 4. The van der Waals surface area contributed by atoms with E-state index in [0.29, 0.717) is 18.7 Å². The van der Waals surface area contributed by atoms with E-state index >= 15 is 0 Å². The van der Waals surface area contributed by atoms with Crippen molar-refractivity contribution in [1.29, 1.82) is 0 Å². The summed E-state index contributed by atoms with van der Waals surface area (Å²) in [7, 11) is 1.67. The van der Waals surface area contributed by atoms with E-state index in [1.807, 2.05) is 19.1 Å². The second-order valence-corrected chi connectivity index (χ2v) is 3.91. The van der Waals surface area contributed by atoms with Gasteiger partial charge >= 0.3 is 0 Å². The van der Waals surface area contributed by atoms with E-state index in [1.165, 1.54) is 0 Å². The van der Waals surface area contributed by atoms with Crippen LogP contribution in [0.4, 0.5) is 5.69 Å². The molecule has 1 aromatic rings. The molecule has 0 aliphatic carbocycles. The molecule has 0 aliphatic rings. The van der Waals surface area contributed by atoms with Crippen LogP contribution in [0.15, 0.2) is 31.0 Å². The molecular formula is C14H20N2O2. The standard InChI is InChI=1S/C14H20N2O2/c1-4-8-16(9-10-18-3)12-6-7-13(15-11-12)14(17)5-2/h4,6-7,11H,1,5,8-10H2,2-3H3. The maximum absolute atomic E-state index is 11.5. The van der Waals surface area contributed by atoms with E-state index in [1.54, 1.807) is 19.4 Å². The van der Waals surface area contributed by atoms with Gasteiger partial charge in [-0.05, 0) is 12.1 Å². The molecule has 0 N–H and O–H groups in total. The molecular weight excluding hydrogens is 228 g/mol. The minimum atomic E-state index is 0.0636. The zero-order valence-corrected chi connectivity index (χ0v) is 11.1. The van der Waals surface area contributed by atoms with Crippen molar-refractivity contribution in [3.8, 4) is 0 Å². The highest BCUT2D eigenvalue weighted by atomic mass is 16.5. The average Bonchev–Trinajstić information content (AvgIpc) is 2.43. The van der Waals surface area contributed by atoms with Crippen molar-refractivity contribution in [3.05, 3.63) is 36.7 Å². The molecule has 18 heavy (non-hydrogen) atoms. The summed E-state index contributed by atoms with van der Waals surface area (Å²) in [6.07, 6.45) is 4.04. The summed E-state index contributed by atoms with van der Waals surface area (Å²) in [6, 6.07) is 3.68. The van der Waals surface area contributed by atoms with Crippen LogP contribution < -0.4 is 4.90 Å². The number of methoxy groups -OCH3 is 1. The number of ketones is 1. The summed E-state index contributed by atoms with van der Waals surface area (Å²) in [5, 5.41) is 0. The lowest BCUT2D eigenvalue weighted by molar-refractivity contribution is 0.0983. The van der Waals surface area contributed by atoms with E-state index in [-0.39, 0.29) is 5.78 Å². The third-order valence-electron chi connectivity index (χ3n) is 2.63. The fourth-order valence-electron chi connectivity index (χ4n) is 1.60. The maximum atomic E-state index is 11.5. The maximum Gasteiger partial charge on any atom is 0.180 e. The first-order valence-corrected chi connectivity index (χ1v) is 6.07. The second kappa shape index (κ2) is 7.61. The van der Waals surface area contributed by atoms with Crippen LogP contribution >= 0.6 is 0 Å². The Bertz CT molecular complexity index is 387. The topological polar surface area (TPSA) is 42.4 Å². The van der Waals surface area contributed by atoms with Crippen LogP contribution in [0.5, 0.6) is 0 Å². The van der Waals surface area contributed by atoms with Gasteiger partial charge in [-0.1, -0.05) is 13.0 Å². The number of ether oxygens (including phenoxy) is 1. The van der Waals surface area contributed by atoms with Crippen LogP contribution in [-0.4, -0.2) is 37.6 Å². The SMILES string of the molecule is C=CCN(CCOC)c1ccc(C(=O)CC)nc1. The number of anilines is 1. The molecule has 1 aromatic heterocycles. The molecule has 0 aromatic carbocycles. The van der Waals surface area contributed by atoms with Crippen molar-refractivity contribution in [1.82, 2.24) is 4.98 Å². The quantitative estimate of drug-likeness (QED) is 0.523. The molecule has 1 rings (SSSR count). The van der Waals surface area contributed by atoms with E-state index in [9.17, 15) is 4.79 Å². The third kappa shape index (κ3) is 3.96. The van der Waals surface area contributed by atoms with Gasteiger partial charge < -0.3 is 9.64 Å². The molecule has 4 nitrogen and oxygen atoms in total. The van der Waals surface area contributed by atoms with E-state index in [4.69, 9.17) is 4.74 Å².